The second-order valence-electron chi connectivity index (χ2n) is 2.21. The van der Waals surface area contributed by atoms with E-state index in [9.17, 15) is 18.0 Å². The van der Waals surface area contributed by atoms with Crippen LogP contribution in [0.4, 0.5) is 13.2 Å². The van der Waals surface area contributed by atoms with Crippen molar-refractivity contribution in [1.82, 2.24) is 4.98 Å². The lowest BCUT2D eigenvalue weighted by molar-refractivity contribution is -0.138. The summed E-state index contributed by atoms with van der Waals surface area (Å²) < 4.78 is 36.4. The number of halogens is 4. The SMILES string of the molecule is O=Cc1cc(Cl)ncc1C(F)(F)F. The Morgan fingerprint density at radius 3 is 2.54 bits per heavy atom. The number of carbonyl (C=O) groups is 1. The Labute approximate surface area is 76.3 Å². The molecule has 70 valence electrons. The van der Waals surface area contributed by atoms with Crippen molar-refractivity contribution >= 4 is 17.9 Å². The standard InChI is InChI=1S/C7H3ClF3NO/c8-6-1-4(3-13)5(2-12-6)7(9,10)11/h1-3H. The van der Waals surface area contributed by atoms with Crippen LogP contribution in [0.1, 0.15) is 15.9 Å². The average molecular weight is 210 g/mol. The first kappa shape index (κ1) is 9.98. The monoisotopic (exact) mass is 209 g/mol. The molecule has 1 heterocycles. The zero-order chi connectivity index (χ0) is 10.1. The molecule has 1 rings (SSSR count). The van der Waals surface area contributed by atoms with Crippen molar-refractivity contribution < 1.29 is 18.0 Å². The number of rotatable bonds is 1. The van der Waals surface area contributed by atoms with Gasteiger partial charge in [0.25, 0.3) is 0 Å². The van der Waals surface area contributed by atoms with Crippen molar-refractivity contribution in [1.29, 1.82) is 0 Å². The quantitative estimate of drug-likeness (QED) is 0.526. The van der Waals surface area contributed by atoms with Gasteiger partial charge in [0.05, 0.1) is 5.56 Å². The number of hydrogen-bond acceptors (Lipinski definition) is 2. The molecule has 0 fully saturated rings. The molecule has 0 saturated carbocycles. The predicted octanol–water partition coefficient (Wildman–Crippen LogP) is 2.57. The first-order chi connectivity index (χ1) is 5.95. The Morgan fingerprint density at radius 1 is 1.46 bits per heavy atom. The first-order valence-electron chi connectivity index (χ1n) is 3.13. The highest BCUT2D eigenvalue weighted by molar-refractivity contribution is 6.29. The van der Waals surface area contributed by atoms with Gasteiger partial charge in [-0.05, 0) is 6.07 Å². The van der Waals surface area contributed by atoms with Crippen LogP contribution in [0.15, 0.2) is 12.3 Å². The van der Waals surface area contributed by atoms with Gasteiger partial charge in [-0.3, -0.25) is 4.79 Å². The largest absolute Gasteiger partial charge is 0.418 e. The van der Waals surface area contributed by atoms with Crippen molar-refractivity contribution in [3.05, 3.63) is 28.5 Å². The van der Waals surface area contributed by atoms with Gasteiger partial charge in [-0.15, -0.1) is 0 Å². The summed E-state index contributed by atoms with van der Waals surface area (Å²) >= 11 is 5.31. The molecule has 2 nitrogen and oxygen atoms in total. The minimum Gasteiger partial charge on any atom is -0.298 e. The smallest absolute Gasteiger partial charge is 0.298 e. The molecule has 0 aliphatic rings. The molecule has 0 aromatic carbocycles. The van der Waals surface area contributed by atoms with Crippen LogP contribution >= 0.6 is 11.6 Å². The molecule has 0 saturated heterocycles. The summed E-state index contributed by atoms with van der Waals surface area (Å²) in [5, 5.41) is -0.143. The molecule has 0 spiro atoms. The summed E-state index contributed by atoms with van der Waals surface area (Å²) in [5.74, 6) is 0. The number of alkyl halides is 3. The molecule has 0 radical (unpaired) electrons. The maximum absolute atomic E-state index is 12.1. The molecule has 0 atom stereocenters. The molecule has 0 bridgehead atoms. The summed E-state index contributed by atoms with van der Waals surface area (Å²) in [6, 6.07) is 0.872. The molecule has 1 aromatic rings. The fourth-order valence-electron chi connectivity index (χ4n) is 0.778. The van der Waals surface area contributed by atoms with E-state index in [0.717, 1.165) is 6.07 Å². The lowest BCUT2D eigenvalue weighted by Crippen LogP contribution is -2.09. The van der Waals surface area contributed by atoms with E-state index in [1.807, 2.05) is 0 Å². The van der Waals surface area contributed by atoms with Gasteiger partial charge in [0.1, 0.15) is 5.15 Å². The maximum Gasteiger partial charge on any atom is 0.418 e. The minimum absolute atomic E-state index is 0.0936. The zero-order valence-corrected chi connectivity index (χ0v) is 6.86. The van der Waals surface area contributed by atoms with Gasteiger partial charge in [0.2, 0.25) is 0 Å². The van der Waals surface area contributed by atoms with Crippen LogP contribution in [0.25, 0.3) is 0 Å². The Kier molecular flexibility index (Phi) is 2.56. The topological polar surface area (TPSA) is 30.0 Å². The van der Waals surface area contributed by atoms with E-state index in [2.05, 4.69) is 4.98 Å². The lowest BCUT2D eigenvalue weighted by atomic mass is 10.1. The third-order valence-corrected chi connectivity index (χ3v) is 1.54. The van der Waals surface area contributed by atoms with Crippen LogP contribution in [0.2, 0.25) is 5.15 Å². The second kappa shape index (κ2) is 3.33. The summed E-state index contributed by atoms with van der Waals surface area (Å²) in [6.45, 7) is 0. The normalized spacial score (nSPS) is 11.4. The van der Waals surface area contributed by atoms with E-state index in [4.69, 9.17) is 11.6 Å². The molecule has 0 aliphatic heterocycles. The van der Waals surface area contributed by atoms with Crippen LogP contribution in [0.5, 0.6) is 0 Å². The average Bonchev–Trinajstić information content (AvgIpc) is 2.01. The summed E-state index contributed by atoms with van der Waals surface area (Å²) in [5.41, 5.74) is -1.58. The number of hydrogen-bond donors (Lipinski definition) is 0. The van der Waals surface area contributed by atoms with Crippen molar-refractivity contribution in [3.8, 4) is 0 Å². The molecular formula is C7H3ClF3NO. The van der Waals surface area contributed by atoms with E-state index in [0.29, 0.717) is 6.20 Å². The highest BCUT2D eigenvalue weighted by Gasteiger charge is 2.33. The van der Waals surface area contributed by atoms with E-state index < -0.39 is 17.3 Å². The van der Waals surface area contributed by atoms with Crippen LogP contribution in [-0.4, -0.2) is 11.3 Å². The van der Waals surface area contributed by atoms with Gasteiger partial charge < -0.3 is 0 Å². The van der Waals surface area contributed by atoms with Crippen molar-refractivity contribution in [2.75, 3.05) is 0 Å². The zero-order valence-electron chi connectivity index (χ0n) is 6.10. The predicted molar refractivity (Wildman–Crippen MR) is 39.6 cm³/mol. The number of nitrogens with zero attached hydrogens (tertiary/aromatic N) is 1. The lowest BCUT2D eigenvalue weighted by Gasteiger charge is -2.07. The van der Waals surface area contributed by atoms with Crippen LogP contribution < -0.4 is 0 Å². The Bertz CT molecular complexity index is 337. The minimum atomic E-state index is -4.58. The van der Waals surface area contributed by atoms with Gasteiger partial charge in [-0.2, -0.15) is 13.2 Å². The summed E-state index contributed by atoms with van der Waals surface area (Å²) in [7, 11) is 0. The first-order valence-corrected chi connectivity index (χ1v) is 3.51. The Hall–Kier alpha value is -1.10. The van der Waals surface area contributed by atoms with E-state index in [-0.39, 0.29) is 11.4 Å². The van der Waals surface area contributed by atoms with Gasteiger partial charge in [0, 0.05) is 11.8 Å². The van der Waals surface area contributed by atoms with Crippen molar-refractivity contribution in [2.24, 2.45) is 0 Å². The van der Waals surface area contributed by atoms with Crippen LogP contribution in [-0.2, 0) is 6.18 Å². The third-order valence-electron chi connectivity index (χ3n) is 1.33. The molecule has 13 heavy (non-hydrogen) atoms. The summed E-state index contributed by atoms with van der Waals surface area (Å²) in [6.07, 6.45) is -3.95. The highest BCUT2D eigenvalue weighted by Crippen LogP contribution is 2.31. The molecule has 0 aliphatic carbocycles. The van der Waals surface area contributed by atoms with Gasteiger partial charge >= 0.3 is 6.18 Å². The number of aldehydes is 1. The van der Waals surface area contributed by atoms with Crippen molar-refractivity contribution in [3.63, 3.8) is 0 Å². The van der Waals surface area contributed by atoms with Crippen LogP contribution in [0, 0.1) is 0 Å². The summed E-state index contributed by atoms with van der Waals surface area (Å²) in [4.78, 5) is 13.5. The Balaban J connectivity index is 3.29. The fraction of sp³-hybridized carbons (Fsp3) is 0.143. The van der Waals surface area contributed by atoms with E-state index in [1.54, 1.807) is 0 Å². The van der Waals surface area contributed by atoms with Crippen LogP contribution in [0.3, 0.4) is 0 Å². The molecule has 0 unspecified atom stereocenters. The van der Waals surface area contributed by atoms with E-state index in [1.165, 1.54) is 0 Å². The van der Waals surface area contributed by atoms with Gasteiger partial charge in [0.15, 0.2) is 6.29 Å². The molecular weight excluding hydrogens is 207 g/mol. The molecule has 0 amide bonds. The molecule has 6 heteroatoms. The van der Waals surface area contributed by atoms with E-state index >= 15 is 0 Å². The number of aromatic nitrogens is 1. The number of pyridine rings is 1. The second-order valence-corrected chi connectivity index (χ2v) is 2.60. The highest BCUT2D eigenvalue weighted by atomic mass is 35.5. The molecule has 1 aromatic heterocycles. The number of carbonyl (C=O) groups excluding carboxylic acids is 1. The molecule has 0 N–H and O–H groups in total. The van der Waals surface area contributed by atoms with Crippen molar-refractivity contribution in [2.45, 2.75) is 6.18 Å². The van der Waals surface area contributed by atoms with Gasteiger partial charge in [-0.1, -0.05) is 11.6 Å². The van der Waals surface area contributed by atoms with Gasteiger partial charge in [-0.25, -0.2) is 4.98 Å². The third kappa shape index (κ3) is 2.18. The fourth-order valence-corrected chi connectivity index (χ4v) is 0.945. The Morgan fingerprint density at radius 2 is 2.08 bits per heavy atom. The maximum atomic E-state index is 12.1.